The van der Waals surface area contributed by atoms with E-state index in [2.05, 4.69) is 49.6 Å². The lowest BCUT2D eigenvalue weighted by molar-refractivity contribution is 0.102. The summed E-state index contributed by atoms with van der Waals surface area (Å²) in [6.45, 7) is 3.97. The van der Waals surface area contributed by atoms with Crippen molar-refractivity contribution in [2.24, 2.45) is 0 Å². The van der Waals surface area contributed by atoms with E-state index in [1.165, 1.54) is 6.42 Å². The molecule has 0 bridgehead atoms. The van der Waals surface area contributed by atoms with Gasteiger partial charge in [-0.1, -0.05) is 0 Å². The number of rotatable bonds is 9. The van der Waals surface area contributed by atoms with Crippen LogP contribution >= 0.6 is 0 Å². The summed E-state index contributed by atoms with van der Waals surface area (Å²) in [5.74, 6) is 0.440. The SMILES string of the molecule is Cc1ccncc1NC(=O)c1ccnc2nc(-c3ccc(NCCCCN(C)C)cc3)[nH]c12. The quantitative estimate of drug-likeness (QED) is 0.333. The van der Waals surface area contributed by atoms with Crippen molar-refractivity contribution >= 4 is 28.4 Å². The molecule has 3 heterocycles. The maximum atomic E-state index is 12.9. The summed E-state index contributed by atoms with van der Waals surface area (Å²) in [6, 6.07) is 11.7. The minimum Gasteiger partial charge on any atom is -0.385 e. The van der Waals surface area contributed by atoms with Crippen LogP contribution in [0.4, 0.5) is 11.4 Å². The van der Waals surface area contributed by atoms with Crippen molar-refractivity contribution in [1.82, 2.24) is 24.8 Å². The number of hydrogen-bond acceptors (Lipinski definition) is 6. The normalized spacial score (nSPS) is 11.2. The van der Waals surface area contributed by atoms with Gasteiger partial charge in [0, 0.05) is 30.2 Å². The number of carbonyl (C=O) groups excluding carboxylic acids is 1. The maximum absolute atomic E-state index is 12.9. The second-order valence-corrected chi connectivity index (χ2v) is 8.30. The number of imidazole rings is 1. The Bertz CT molecular complexity index is 1230. The molecule has 0 aliphatic rings. The third-order valence-electron chi connectivity index (χ3n) is 5.44. The van der Waals surface area contributed by atoms with Crippen molar-refractivity contribution in [3.63, 3.8) is 0 Å². The van der Waals surface area contributed by atoms with Gasteiger partial charge >= 0.3 is 0 Å². The Morgan fingerprint density at radius 1 is 1.06 bits per heavy atom. The molecule has 3 N–H and O–H groups in total. The molecule has 8 nitrogen and oxygen atoms in total. The van der Waals surface area contributed by atoms with Gasteiger partial charge in [-0.15, -0.1) is 0 Å². The molecule has 4 aromatic rings. The molecule has 1 aromatic carbocycles. The number of nitrogens with zero attached hydrogens (tertiary/aromatic N) is 4. The standard InChI is InChI=1S/C25H29N7O/c1-17-10-13-26-16-21(17)29-25(33)20-11-14-28-24-22(20)30-23(31-24)18-6-8-19(9-7-18)27-12-4-5-15-32(2)3/h6-11,13-14,16,27H,4-5,12,15H2,1-3H3,(H,29,33)(H,28,30,31). The minimum absolute atomic E-state index is 0.234. The first kappa shape index (κ1) is 22.4. The highest BCUT2D eigenvalue weighted by atomic mass is 16.1. The van der Waals surface area contributed by atoms with Gasteiger partial charge in [-0.3, -0.25) is 9.78 Å². The van der Waals surface area contributed by atoms with E-state index in [-0.39, 0.29) is 5.91 Å². The van der Waals surface area contributed by atoms with Gasteiger partial charge in [0.1, 0.15) is 5.82 Å². The Balaban J connectivity index is 1.47. The zero-order chi connectivity index (χ0) is 23.2. The van der Waals surface area contributed by atoms with Gasteiger partial charge in [0.25, 0.3) is 5.91 Å². The number of aryl methyl sites for hydroxylation is 1. The first-order valence-corrected chi connectivity index (χ1v) is 11.1. The van der Waals surface area contributed by atoms with E-state index in [4.69, 9.17) is 0 Å². The van der Waals surface area contributed by atoms with Gasteiger partial charge in [-0.2, -0.15) is 0 Å². The fourth-order valence-electron chi connectivity index (χ4n) is 3.55. The number of fused-ring (bicyclic) bond motifs is 1. The fourth-order valence-corrected chi connectivity index (χ4v) is 3.55. The summed E-state index contributed by atoms with van der Waals surface area (Å²) in [7, 11) is 4.19. The average Bonchev–Trinajstić information content (AvgIpc) is 3.25. The summed E-state index contributed by atoms with van der Waals surface area (Å²) >= 11 is 0. The lowest BCUT2D eigenvalue weighted by atomic mass is 10.2. The molecule has 1 amide bonds. The number of anilines is 2. The number of benzene rings is 1. The van der Waals surface area contributed by atoms with Gasteiger partial charge in [-0.25, -0.2) is 9.97 Å². The van der Waals surface area contributed by atoms with Crippen LogP contribution in [0.2, 0.25) is 0 Å². The second kappa shape index (κ2) is 10.2. The molecule has 4 rings (SSSR count). The number of hydrogen-bond donors (Lipinski definition) is 3. The maximum Gasteiger partial charge on any atom is 0.258 e. The number of aromatic nitrogens is 4. The van der Waals surface area contributed by atoms with Crippen LogP contribution in [0.1, 0.15) is 28.8 Å². The van der Waals surface area contributed by atoms with E-state index in [1.807, 2.05) is 37.3 Å². The Kier molecular flexibility index (Phi) is 6.95. The van der Waals surface area contributed by atoms with Crippen molar-refractivity contribution in [2.45, 2.75) is 19.8 Å². The molecule has 3 aromatic heterocycles. The van der Waals surface area contributed by atoms with E-state index in [0.29, 0.717) is 28.2 Å². The van der Waals surface area contributed by atoms with Crippen LogP contribution in [-0.4, -0.2) is 57.9 Å². The molecule has 0 radical (unpaired) electrons. The van der Waals surface area contributed by atoms with Crippen LogP contribution in [0.15, 0.2) is 55.0 Å². The minimum atomic E-state index is -0.234. The van der Waals surface area contributed by atoms with Crippen LogP contribution in [0.25, 0.3) is 22.6 Å². The topological polar surface area (TPSA) is 98.8 Å². The third kappa shape index (κ3) is 5.53. The van der Waals surface area contributed by atoms with Gasteiger partial charge in [0.15, 0.2) is 5.65 Å². The summed E-state index contributed by atoms with van der Waals surface area (Å²) in [6.07, 6.45) is 7.23. The lowest BCUT2D eigenvalue weighted by Gasteiger charge is -2.10. The van der Waals surface area contributed by atoms with Gasteiger partial charge in [-0.05, 0) is 82.4 Å². The number of unbranched alkanes of at least 4 members (excludes halogenated alkanes) is 1. The summed E-state index contributed by atoms with van der Waals surface area (Å²) < 4.78 is 0. The lowest BCUT2D eigenvalue weighted by Crippen LogP contribution is -2.14. The van der Waals surface area contributed by atoms with E-state index in [9.17, 15) is 4.79 Å². The molecule has 0 spiro atoms. The van der Waals surface area contributed by atoms with Gasteiger partial charge in [0.05, 0.1) is 23.0 Å². The van der Waals surface area contributed by atoms with Crippen molar-refractivity contribution in [3.8, 4) is 11.4 Å². The zero-order valence-corrected chi connectivity index (χ0v) is 19.2. The number of amides is 1. The van der Waals surface area contributed by atoms with Crippen molar-refractivity contribution in [2.75, 3.05) is 37.8 Å². The Morgan fingerprint density at radius 3 is 2.64 bits per heavy atom. The molecular weight excluding hydrogens is 414 g/mol. The highest BCUT2D eigenvalue weighted by Gasteiger charge is 2.16. The highest BCUT2D eigenvalue weighted by Crippen LogP contribution is 2.24. The monoisotopic (exact) mass is 443 g/mol. The number of H-pyrrole nitrogens is 1. The van der Waals surface area contributed by atoms with Crippen LogP contribution in [0.3, 0.4) is 0 Å². The highest BCUT2D eigenvalue weighted by molar-refractivity contribution is 6.11. The van der Waals surface area contributed by atoms with E-state index >= 15 is 0 Å². The predicted molar refractivity (Wildman–Crippen MR) is 133 cm³/mol. The van der Waals surface area contributed by atoms with Crippen molar-refractivity contribution in [1.29, 1.82) is 0 Å². The fraction of sp³-hybridized carbons (Fsp3) is 0.280. The molecule has 33 heavy (non-hydrogen) atoms. The Morgan fingerprint density at radius 2 is 1.88 bits per heavy atom. The largest absolute Gasteiger partial charge is 0.385 e. The average molecular weight is 444 g/mol. The van der Waals surface area contributed by atoms with Crippen LogP contribution in [0.5, 0.6) is 0 Å². The molecule has 0 unspecified atom stereocenters. The van der Waals surface area contributed by atoms with Crippen LogP contribution in [0, 0.1) is 6.92 Å². The molecule has 0 aliphatic heterocycles. The van der Waals surface area contributed by atoms with Gasteiger partial charge in [0.2, 0.25) is 0 Å². The van der Waals surface area contributed by atoms with Gasteiger partial charge < -0.3 is 20.5 Å². The van der Waals surface area contributed by atoms with Crippen LogP contribution < -0.4 is 10.6 Å². The van der Waals surface area contributed by atoms with Crippen molar-refractivity contribution in [3.05, 3.63) is 66.1 Å². The molecule has 170 valence electrons. The zero-order valence-electron chi connectivity index (χ0n) is 19.2. The summed E-state index contributed by atoms with van der Waals surface area (Å²) in [5, 5.41) is 6.38. The van der Waals surface area contributed by atoms with E-state index in [1.54, 1.807) is 24.7 Å². The Hall–Kier alpha value is -3.78. The molecule has 8 heteroatoms. The number of aromatic amines is 1. The predicted octanol–water partition coefficient (Wildman–Crippen LogP) is 4.33. The van der Waals surface area contributed by atoms with E-state index < -0.39 is 0 Å². The van der Waals surface area contributed by atoms with Crippen molar-refractivity contribution < 1.29 is 4.79 Å². The molecule has 0 saturated heterocycles. The first-order chi connectivity index (χ1) is 16.0. The van der Waals surface area contributed by atoms with E-state index in [0.717, 1.165) is 36.3 Å². The number of nitrogens with one attached hydrogen (secondary N) is 3. The summed E-state index contributed by atoms with van der Waals surface area (Å²) in [4.78, 5) is 31.4. The van der Waals surface area contributed by atoms with Crippen LogP contribution in [-0.2, 0) is 0 Å². The third-order valence-corrected chi connectivity index (χ3v) is 5.44. The molecule has 0 atom stereocenters. The first-order valence-electron chi connectivity index (χ1n) is 11.1. The smallest absolute Gasteiger partial charge is 0.258 e. The number of carbonyl (C=O) groups is 1. The number of pyridine rings is 2. The molecule has 0 fully saturated rings. The molecule has 0 aliphatic carbocycles. The second-order valence-electron chi connectivity index (χ2n) is 8.30. The summed E-state index contributed by atoms with van der Waals surface area (Å²) in [5.41, 5.74) is 5.22. The molecule has 0 saturated carbocycles. The Labute approximate surface area is 193 Å². The molecular formula is C25H29N7O.